The number of amides is 1. The van der Waals surface area contributed by atoms with Crippen LogP contribution in [0, 0.1) is 0 Å². The minimum Gasteiger partial charge on any atom is -0.497 e. The van der Waals surface area contributed by atoms with Crippen molar-refractivity contribution in [2.45, 2.75) is 4.90 Å². The summed E-state index contributed by atoms with van der Waals surface area (Å²) in [6.07, 6.45) is 0. The molecule has 0 heterocycles. The van der Waals surface area contributed by atoms with Gasteiger partial charge in [-0.25, -0.2) is 8.42 Å². The van der Waals surface area contributed by atoms with E-state index in [1.54, 1.807) is 55.6 Å². The number of halogens is 2. The molecule has 3 aromatic carbocycles. The third-order valence-corrected chi connectivity index (χ3v) is 6.86. The number of methoxy groups -OCH3 is 1. The smallest absolute Gasteiger partial charge is 0.265 e. The average molecular weight is 465 g/mol. The molecule has 6 nitrogen and oxygen atoms in total. The molecule has 0 unspecified atom stereocenters. The summed E-state index contributed by atoms with van der Waals surface area (Å²) < 4.78 is 32.4. The quantitative estimate of drug-likeness (QED) is 0.551. The van der Waals surface area contributed by atoms with E-state index in [1.807, 2.05) is 0 Å². The van der Waals surface area contributed by atoms with Gasteiger partial charge in [0.2, 0.25) is 0 Å². The van der Waals surface area contributed by atoms with Crippen molar-refractivity contribution in [2.75, 3.05) is 23.8 Å². The van der Waals surface area contributed by atoms with Gasteiger partial charge in [0.15, 0.2) is 0 Å². The maximum atomic E-state index is 13.1. The van der Waals surface area contributed by atoms with Crippen LogP contribution in [0.25, 0.3) is 0 Å². The summed E-state index contributed by atoms with van der Waals surface area (Å²) in [4.78, 5) is 12.7. The SMILES string of the molecule is COc1ccc(NC(=O)c2ccccc2N(C)S(=O)(=O)c2cc(Cl)ccc2Cl)cc1. The molecule has 156 valence electrons. The van der Waals surface area contributed by atoms with Gasteiger partial charge in [0, 0.05) is 17.8 Å². The molecule has 0 bridgehead atoms. The molecule has 3 rings (SSSR count). The lowest BCUT2D eigenvalue weighted by Gasteiger charge is -2.22. The van der Waals surface area contributed by atoms with Gasteiger partial charge >= 0.3 is 0 Å². The van der Waals surface area contributed by atoms with Crippen LogP contribution >= 0.6 is 23.2 Å². The zero-order valence-corrected chi connectivity index (χ0v) is 18.4. The molecule has 0 aromatic heterocycles. The van der Waals surface area contributed by atoms with Gasteiger partial charge < -0.3 is 10.1 Å². The lowest BCUT2D eigenvalue weighted by Crippen LogP contribution is -2.29. The Morgan fingerprint density at radius 2 is 1.67 bits per heavy atom. The molecule has 3 aromatic rings. The van der Waals surface area contributed by atoms with Gasteiger partial charge in [0.1, 0.15) is 10.6 Å². The van der Waals surface area contributed by atoms with Crippen molar-refractivity contribution < 1.29 is 17.9 Å². The number of carbonyl (C=O) groups is 1. The van der Waals surface area contributed by atoms with Gasteiger partial charge in [-0.2, -0.15) is 0 Å². The largest absolute Gasteiger partial charge is 0.497 e. The van der Waals surface area contributed by atoms with Crippen LogP contribution in [0.5, 0.6) is 5.75 Å². The highest BCUT2D eigenvalue weighted by atomic mass is 35.5. The van der Waals surface area contributed by atoms with E-state index in [-0.39, 0.29) is 26.2 Å². The van der Waals surface area contributed by atoms with Gasteiger partial charge in [0.25, 0.3) is 15.9 Å². The van der Waals surface area contributed by atoms with Crippen molar-refractivity contribution in [3.8, 4) is 5.75 Å². The summed E-state index contributed by atoms with van der Waals surface area (Å²) in [6.45, 7) is 0. The lowest BCUT2D eigenvalue weighted by molar-refractivity contribution is 0.102. The predicted molar refractivity (Wildman–Crippen MR) is 119 cm³/mol. The summed E-state index contributed by atoms with van der Waals surface area (Å²) in [5.74, 6) is 0.188. The summed E-state index contributed by atoms with van der Waals surface area (Å²) in [5, 5.41) is 3.02. The zero-order chi connectivity index (χ0) is 21.9. The summed E-state index contributed by atoms with van der Waals surface area (Å²) >= 11 is 12.0. The molecule has 9 heteroatoms. The molecular weight excluding hydrogens is 447 g/mol. The van der Waals surface area contributed by atoms with Gasteiger partial charge in [-0.15, -0.1) is 0 Å². The Morgan fingerprint density at radius 3 is 2.33 bits per heavy atom. The highest BCUT2D eigenvalue weighted by Crippen LogP contribution is 2.31. The van der Waals surface area contributed by atoms with Crippen LogP contribution in [0.1, 0.15) is 10.4 Å². The van der Waals surface area contributed by atoms with E-state index in [1.165, 1.54) is 25.2 Å². The first-order valence-corrected chi connectivity index (χ1v) is 10.9. The van der Waals surface area contributed by atoms with Crippen LogP contribution in [0.4, 0.5) is 11.4 Å². The number of anilines is 2. The molecular formula is C21H18Cl2N2O4S. The van der Waals surface area contributed by atoms with E-state index < -0.39 is 15.9 Å². The number of hydrogen-bond donors (Lipinski definition) is 1. The number of rotatable bonds is 6. The monoisotopic (exact) mass is 464 g/mol. The fourth-order valence-corrected chi connectivity index (χ4v) is 4.72. The molecule has 1 amide bonds. The number of carbonyl (C=O) groups excluding carboxylic acids is 1. The molecule has 0 saturated heterocycles. The van der Waals surface area contributed by atoms with Gasteiger partial charge in [-0.05, 0) is 54.6 Å². The number of nitrogens with one attached hydrogen (secondary N) is 1. The number of ether oxygens (including phenoxy) is 1. The second-order valence-corrected chi connectivity index (χ2v) is 9.03. The molecule has 1 N–H and O–H groups in total. The van der Waals surface area contributed by atoms with Crippen LogP contribution in [0.15, 0.2) is 71.6 Å². The molecule has 0 radical (unpaired) electrons. The molecule has 0 fully saturated rings. The lowest BCUT2D eigenvalue weighted by atomic mass is 10.1. The molecule has 0 aliphatic carbocycles. The number of sulfonamides is 1. The first-order valence-electron chi connectivity index (χ1n) is 8.72. The fraction of sp³-hybridized carbons (Fsp3) is 0.0952. The number of nitrogens with zero attached hydrogens (tertiary/aromatic N) is 1. The average Bonchev–Trinajstić information content (AvgIpc) is 2.75. The first-order chi connectivity index (χ1) is 14.2. The Morgan fingerprint density at radius 1 is 1.00 bits per heavy atom. The minimum absolute atomic E-state index is 0.0337. The Bertz CT molecular complexity index is 1180. The van der Waals surface area contributed by atoms with E-state index in [0.29, 0.717) is 11.4 Å². The third kappa shape index (κ3) is 4.53. The van der Waals surface area contributed by atoms with Crippen LogP contribution in [-0.2, 0) is 10.0 Å². The Balaban J connectivity index is 1.95. The van der Waals surface area contributed by atoms with Crippen molar-refractivity contribution >= 4 is 50.5 Å². The van der Waals surface area contributed by atoms with Gasteiger partial charge in [-0.3, -0.25) is 9.10 Å². The topological polar surface area (TPSA) is 75.7 Å². The van der Waals surface area contributed by atoms with Crippen LogP contribution < -0.4 is 14.4 Å². The van der Waals surface area contributed by atoms with E-state index >= 15 is 0 Å². The normalized spacial score (nSPS) is 11.1. The first kappa shape index (κ1) is 22.0. The summed E-state index contributed by atoms with van der Waals surface area (Å²) in [6, 6.07) is 17.3. The van der Waals surface area contributed by atoms with Crippen LogP contribution in [0.3, 0.4) is 0 Å². The van der Waals surface area contributed by atoms with Crippen molar-refractivity contribution in [1.29, 1.82) is 0 Å². The highest BCUT2D eigenvalue weighted by molar-refractivity contribution is 7.93. The van der Waals surface area contributed by atoms with Gasteiger partial charge in [-0.1, -0.05) is 35.3 Å². The van der Waals surface area contributed by atoms with Crippen LogP contribution in [0.2, 0.25) is 10.0 Å². The molecule has 0 aliphatic heterocycles. The molecule has 0 aliphatic rings. The minimum atomic E-state index is -4.06. The zero-order valence-electron chi connectivity index (χ0n) is 16.1. The Hall–Kier alpha value is -2.74. The summed E-state index contributed by atoms with van der Waals surface area (Å²) in [7, 11) is -1.16. The molecule has 0 saturated carbocycles. The third-order valence-electron chi connectivity index (χ3n) is 4.37. The highest BCUT2D eigenvalue weighted by Gasteiger charge is 2.27. The van der Waals surface area contributed by atoms with Crippen molar-refractivity contribution in [3.63, 3.8) is 0 Å². The Kier molecular flexibility index (Phi) is 6.55. The number of para-hydroxylation sites is 1. The maximum Gasteiger partial charge on any atom is 0.265 e. The molecule has 0 spiro atoms. The van der Waals surface area contributed by atoms with E-state index in [2.05, 4.69) is 5.32 Å². The second kappa shape index (κ2) is 8.95. The maximum absolute atomic E-state index is 13.1. The summed E-state index contributed by atoms with van der Waals surface area (Å²) in [5.41, 5.74) is 0.913. The number of hydrogen-bond acceptors (Lipinski definition) is 4. The molecule has 0 atom stereocenters. The van der Waals surface area contributed by atoms with E-state index in [9.17, 15) is 13.2 Å². The van der Waals surface area contributed by atoms with Crippen molar-refractivity contribution in [3.05, 3.63) is 82.3 Å². The fourth-order valence-electron chi connectivity index (χ4n) is 2.76. The van der Waals surface area contributed by atoms with Crippen LogP contribution in [-0.4, -0.2) is 28.5 Å². The predicted octanol–water partition coefficient (Wildman–Crippen LogP) is 5.08. The van der Waals surface area contributed by atoms with Gasteiger partial charge in [0.05, 0.1) is 23.4 Å². The standard InChI is InChI=1S/C21H18Cl2N2O4S/c1-25(30(27,28)20-13-14(22)7-12-18(20)23)19-6-4-3-5-17(19)21(26)24-15-8-10-16(29-2)11-9-15/h3-13H,1-2H3,(H,24,26). The van der Waals surface area contributed by atoms with Crippen molar-refractivity contribution in [2.24, 2.45) is 0 Å². The van der Waals surface area contributed by atoms with Crippen molar-refractivity contribution in [1.82, 2.24) is 0 Å². The van der Waals surface area contributed by atoms with E-state index in [0.717, 1.165) is 4.31 Å². The molecule has 30 heavy (non-hydrogen) atoms. The van der Waals surface area contributed by atoms with E-state index in [4.69, 9.17) is 27.9 Å². The second-order valence-electron chi connectivity index (χ2n) is 6.25. The Labute approximate surface area is 185 Å². The number of benzene rings is 3.